The van der Waals surface area contributed by atoms with Gasteiger partial charge in [0.15, 0.2) is 0 Å². The average Bonchev–Trinajstić information content (AvgIpc) is 2.93. The van der Waals surface area contributed by atoms with Crippen molar-refractivity contribution in [3.05, 3.63) is 34.6 Å². The monoisotopic (exact) mass is 317 g/mol. The lowest BCUT2D eigenvalue weighted by atomic mass is 10.2. The zero-order valence-corrected chi connectivity index (χ0v) is 13.1. The molecule has 2 aromatic heterocycles. The lowest BCUT2D eigenvalue weighted by Gasteiger charge is -2.07. The number of thioether (sulfide) groups is 1. The summed E-state index contributed by atoms with van der Waals surface area (Å²) >= 11 is 1.36. The third kappa shape index (κ3) is 2.98. The van der Waals surface area contributed by atoms with E-state index in [0.29, 0.717) is 27.9 Å². The second-order valence-electron chi connectivity index (χ2n) is 5.22. The minimum absolute atomic E-state index is 0.166. The molecule has 0 bridgehead atoms. The predicted octanol–water partition coefficient (Wildman–Crippen LogP) is 1.18. The maximum atomic E-state index is 12.3. The minimum atomic E-state index is -0.166. The van der Waals surface area contributed by atoms with Gasteiger partial charge in [0.05, 0.1) is 11.3 Å². The normalized spacial score (nSPS) is 11.4. The molecule has 0 atom stereocenters. The van der Waals surface area contributed by atoms with Crippen LogP contribution in [0.1, 0.15) is 13.8 Å². The van der Waals surface area contributed by atoms with Crippen LogP contribution >= 0.6 is 11.8 Å². The Balaban J connectivity index is 1.81. The summed E-state index contributed by atoms with van der Waals surface area (Å²) in [5.41, 5.74) is 0.430. The first-order chi connectivity index (χ1) is 10.6. The highest BCUT2D eigenvalue weighted by Crippen LogP contribution is 2.16. The van der Waals surface area contributed by atoms with Crippen LogP contribution in [-0.2, 0) is 12.4 Å². The Bertz CT molecular complexity index is 842. The summed E-state index contributed by atoms with van der Waals surface area (Å²) in [6, 6.07) is 7.16. The molecule has 0 amide bonds. The zero-order valence-electron chi connectivity index (χ0n) is 12.2. The molecule has 0 aliphatic rings. The number of tetrazole rings is 1. The fourth-order valence-electron chi connectivity index (χ4n) is 1.99. The lowest BCUT2D eigenvalue weighted by Crippen LogP contribution is -2.23. The van der Waals surface area contributed by atoms with Crippen molar-refractivity contribution in [3.8, 4) is 0 Å². The molecule has 0 unspecified atom stereocenters. The van der Waals surface area contributed by atoms with Gasteiger partial charge in [0.25, 0.3) is 5.56 Å². The lowest BCUT2D eigenvalue weighted by molar-refractivity contribution is 0.445. The standard InChI is InChI=1S/C13H15N7OS/c1-9(2)7-19-13(15-16-18-19)22-8-20-12(21)10-5-3-4-6-11(10)14-17-20/h3-6,9H,7-8H2,1-2H3. The first kappa shape index (κ1) is 14.6. The average molecular weight is 317 g/mol. The molecule has 0 aliphatic heterocycles. The van der Waals surface area contributed by atoms with E-state index < -0.39 is 0 Å². The fourth-order valence-corrected chi connectivity index (χ4v) is 2.75. The third-order valence-electron chi connectivity index (χ3n) is 2.98. The molecule has 0 fully saturated rings. The summed E-state index contributed by atoms with van der Waals surface area (Å²) in [5.74, 6) is 0.751. The van der Waals surface area contributed by atoms with Crippen molar-refractivity contribution in [1.82, 2.24) is 35.2 Å². The highest BCUT2D eigenvalue weighted by atomic mass is 32.2. The van der Waals surface area contributed by atoms with Crippen LogP contribution in [0.5, 0.6) is 0 Å². The molecule has 2 heterocycles. The van der Waals surface area contributed by atoms with Crippen LogP contribution in [0.4, 0.5) is 0 Å². The molecule has 0 spiro atoms. The van der Waals surface area contributed by atoms with Gasteiger partial charge in [-0.1, -0.05) is 43.0 Å². The van der Waals surface area contributed by atoms with Crippen molar-refractivity contribution in [2.75, 3.05) is 0 Å². The van der Waals surface area contributed by atoms with E-state index in [1.54, 1.807) is 16.8 Å². The molecule has 0 saturated carbocycles. The molecule has 0 aliphatic carbocycles. The van der Waals surface area contributed by atoms with E-state index in [1.165, 1.54) is 16.4 Å². The Morgan fingerprint density at radius 2 is 1.95 bits per heavy atom. The van der Waals surface area contributed by atoms with Crippen LogP contribution in [0.3, 0.4) is 0 Å². The van der Waals surface area contributed by atoms with Gasteiger partial charge in [-0.25, -0.2) is 4.68 Å². The van der Waals surface area contributed by atoms with Gasteiger partial charge in [0.1, 0.15) is 5.52 Å². The Hall–Kier alpha value is -2.29. The molecule has 22 heavy (non-hydrogen) atoms. The van der Waals surface area contributed by atoms with Gasteiger partial charge in [-0.05, 0) is 28.5 Å². The van der Waals surface area contributed by atoms with Crippen molar-refractivity contribution < 1.29 is 0 Å². The number of benzene rings is 1. The maximum Gasteiger partial charge on any atom is 0.278 e. The molecule has 1 aromatic carbocycles. The number of rotatable bonds is 5. The second-order valence-corrected chi connectivity index (χ2v) is 6.13. The molecule has 8 nitrogen and oxygen atoms in total. The van der Waals surface area contributed by atoms with E-state index in [4.69, 9.17) is 0 Å². The number of hydrogen-bond acceptors (Lipinski definition) is 7. The van der Waals surface area contributed by atoms with Crippen molar-refractivity contribution in [1.29, 1.82) is 0 Å². The Labute approximate surface area is 130 Å². The van der Waals surface area contributed by atoms with Crippen molar-refractivity contribution in [2.24, 2.45) is 5.92 Å². The molecule has 3 rings (SSSR count). The summed E-state index contributed by atoms with van der Waals surface area (Å²) in [7, 11) is 0. The SMILES string of the molecule is CC(C)Cn1nnnc1SCn1nnc2ccccc2c1=O. The van der Waals surface area contributed by atoms with E-state index in [1.807, 2.05) is 12.1 Å². The molecule has 9 heteroatoms. The number of nitrogens with zero attached hydrogens (tertiary/aromatic N) is 7. The van der Waals surface area contributed by atoms with Crippen LogP contribution in [0.25, 0.3) is 10.9 Å². The number of aromatic nitrogens is 7. The maximum absolute atomic E-state index is 12.3. The van der Waals surface area contributed by atoms with Gasteiger partial charge in [0, 0.05) is 6.54 Å². The van der Waals surface area contributed by atoms with E-state index in [9.17, 15) is 4.79 Å². The Kier molecular flexibility index (Phi) is 4.14. The van der Waals surface area contributed by atoms with E-state index in [-0.39, 0.29) is 5.56 Å². The van der Waals surface area contributed by atoms with Crippen LogP contribution in [-0.4, -0.2) is 35.2 Å². The molecular formula is C13H15N7OS. The van der Waals surface area contributed by atoms with Crippen LogP contribution in [0.2, 0.25) is 0 Å². The van der Waals surface area contributed by atoms with Crippen molar-refractivity contribution >= 4 is 22.7 Å². The quantitative estimate of drug-likeness (QED) is 0.652. The third-order valence-corrected chi connectivity index (χ3v) is 3.91. The van der Waals surface area contributed by atoms with E-state index in [0.717, 1.165) is 6.54 Å². The van der Waals surface area contributed by atoms with Crippen LogP contribution < -0.4 is 5.56 Å². The minimum Gasteiger partial charge on any atom is -0.267 e. The van der Waals surface area contributed by atoms with Gasteiger partial charge in [-0.15, -0.1) is 10.2 Å². The zero-order chi connectivity index (χ0) is 15.5. The number of fused-ring (bicyclic) bond motifs is 1. The van der Waals surface area contributed by atoms with Crippen LogP contribution in [0, 0.1) is 5.92 Å². The Morgan fingerprint density at radius 3 is 2.77 bits per heavy atom. The molecule has 114 valence electrons. The van der Waals surface area contributed by atoms with Gasteiger partial charge in [0.2, 0.25) is 5.16 Å². The largest absolute Gasteiger partial charge is 0.278 e. The highest BCUT2D eigenvalue weighted by Gasteiger charge is 2.10. The van der Waals surface area contributed by atoms with Gasteiger partial charge in [-0.2, -0.15) is 4.68 Å². The van der Waals surface area contributed by atoms with Crippen molar-refractivity contribution in [2.45, 2.75) is 31.4 Å². The summed E-state index contributed by atoms with van der Waals surface area (Å²) in [6.07, 6.45) is 0. The van der Waals surface area contributed by atoms with Crippen molar-refractivity contribution in [3.63, 3.8) is 0 Å². The smallest absolute Gasteiger partial charge is 0.267 e. The fraction of sp³-hybridized carbons (Fsp3) is 0.385. The van der Waals surface area contributed by atoms with E-state index in [2.05, 4.69) is 39.7 Å². The summed E-state index contributed by atoms with van der Waals surface area (Å²) in [5, 5.41) is 20.8. The highest BCUT2D eigenvalue weighted by molar-refractivity contribution is 7.98. The molecule has 3 aromatic rings. The summed E-state index contributed by atoms with van der Waals surface area (Å²) in [6.45, 7) is 4.92. The predicted molar refractivity (Wildman–Crippen MR) is 82.3 cm³/mol. The molecule has 0 saturated heterocycles. The molecule has 0 radical (unpaired) electrons. The topological polar surface area (TPSA) is 91.4 Å². The molecular weight excluding hydrogens is 302 g/mol. The van der Waals surface area contributed by atoms with Gasteiger partial charge >= 0.3 is 0 Å². The van der Waals surface area contributed by atoms with Crippen LogP contribution in [0.15, 0.2) is 34.2 Å². The number of hydrogen-bond donors (Lipinski definition) is 0. The summed E-state index contributed by atoms with van der Waals surface area (Å²) < 4.78 is 3.05. The van der Waals surface area contributed by atoms with Gasteiger partial charge < -0.3 is 0 Å². The first-order valence-corrected chi connectivity index (χ1v) is 7.85. The second kappa shape index (κ2) is 6.22. The summed E-state index contributed by atoms with van der Waals surface area (Å²) in [4.78, 5) is 12.3. The van der Waals surface area contributed by atoms with Gasteiger partial charge in [-0.3, -0.25) is 4.79 Å². The molecule has 0 N–H and O–H groups in total. The first-order valence-electron chi connectivity index (χ1n) is 6.86. The van der Waals surface area contributed by atoms with E-state index >= 15 is 0 Å². The Morgan fingerprint density at radius 1 is 1.14 bits per heavy atom.